The zero-order valence-corrected chi connectivity index (χ0v) is 16.9. The van der Waals surface area contributed by atoms with Crippen molar-refractivity contribution in [2.45, 2.75) is 19.9 Å². The van der Waals surface area contributed by atoms with Crippen LogP contribution >= 0.6 is 12.2 Å². The Morgan fingerprint density at radius 3 is 2.61 bits per heavy atom. The van der Waals surface area contributed by atoms with Gasteiger partial charge in [-0.3, -0.25) is 4.79 Å². The molecule has 0 spiro atoms. The van der Waals surface area contributed by atoms with Gasteiger partial charge in [-0.25, -0.2) is 0 Å². The fraction of sp³-hybridized carbons (Fsp3) is 0.238. The van der Waals surface area contributed by atoms with Crippen molar-refractivity contribution < 1.29 is 14.3 Å². The molecule has 3 N–H and O–H groups in total. The summed E-state index contributed by atoms with van der Waals surface area (Å²) >= 11 is 5.32. The molecule has 0 radical (unpaired) electrons. The molecule has 0 aliphatic carbocycles. The monoisotopic (exact) mass is 397 g/mol. The number of anilines is 1. The molecule has 28 heavy (non-hydrogen) atoms. The largest absolute Gasteiger partial charge is 0.493 e. The standard InChI is InChI=1S/C21H23N3O3S/c1-4-27-17-12-14(10-11-16(17)26-3)19-18(13(2)22-21(28)24-19)20(25)23-15-8-6-5-7-9-15/h5-12,19H,4H2,1-3H3,(H,23,25)(H2,22,24,28)/t19-/m1/s1. The Bertz CT molecular complexity index is 912. The number of hydrogen-bond acceptors (Lipinski definition) is 4. The van der Waals surface area contributed by atoms with E-state index in [1.165, 1.54) is 0 Å². The molecule has 1 heterocycles. The maximum Gasteiger partial charge on any atom is 0.255 e. The number of methoxy groups -OCH3 is 1. The number of rotatable bonds is 6. The molecule has 1 aliphatic rings. The highest BCUT2D eigenvalue weighted by Crippen LogP contribution is 2.34. The molecule has 2 aromatic carbocycles. The second-order valence-electron chi connectivity index (χ2n) is 6.23. The van der Waals surface area contributed by atoms with Gasteiger partial charge in [0.15, 0.2) is 16.6 Å². The zero-order valence-electron chi connectivity index (χ0n) is 16.0. The van der Waals surface area contributed by atoms with Gasteiger partial charge in [0.05, 0.1) is 25.3 Å². The van der Waals surface area contributed by atoms with Crippen molar-refractivity contribution in [3.8, 4) is 11.5 Å². The van der Waals surface area contributed by atoms with Gasteiger partial charge in [-0.1, -0.05) is 24.3 Å². The first-order chi connectivity index (χ1) is 13.5. The van der Waals surface area contributed by atoms with E-state index >= 15 is 0 Å². The summed E-state index contributed by atoms with van der Waals surface area (Å²) < 4.78 is 11.0. The summed E-state index contributed by atoms with van der Waals surface area (Å²) in [6, 6.07) is 14.5. The van der Waals surface area contributed by atoms with Crippen LogP contribution in [0.25, 0.3) is 0 Å². The van der Waals surface area contributed by atoms with Gasteiger partial charge in [-0.05, 0) is 55.9 Å². The lowest BCUT2D eigenvalue weighted by Gasteiger charge is -2.30. The highest BCUT2D eigenvalue weighted by atomic mass is 32.1. The van der Waals surface area contributed by atoms with E-state index in [0.29, 0.717) is 34.5 Å². The van der Waals surface area contributed by atoms with E-state index in [0.717, 1.165) is 11.3 Å². The van der Waals surface area contributed by atoms with Crippen molar-refractivity contribution in [3.63, 3.8) is 0 Å². The van der Waals surface area contributed by atoms with E-state index in [9.17, 15) is 4.79 Å². The van der Waals surface area contributed by atoms with Crippen molar-refractivity contribution in [1.82, 2.24) is 10.6 Å². The van der Waals surface area contributed by atoms with Gasteiger partial charge in [0, 0.05) is 11.4 Å². The fourth-order valence-corrected chi connectivity index (χ4v) is 3.38. The van der Waals surface area contributed by atoms with Gasteiger partial charge in [-0.2, -0.15) is 0 Å². The molecular formula is C21H23N3O3S. The maximum absolute atomic E-state index is 13.1. The highest BCUT2D eigenvalue weighted by molar-refractivity contribution is 7.80. The number of ether oxygens (including phenoxy) is 2. The van der Waals surface area contributed by atoms with Crippen LogP contribution in [0.15, 0.2) is 59.8 Å². The number of carbonyl (C=O) groups excluding carboxylic acids is 1. The predicted octanol–water partition coefficient (Wildman–Crippen LogP) is 3.53. The van der Waals surface area contributed by atoms with Gasteiger partial charge in [0.25, 0.3) is 5.91 Å². The van der Waals surface area contributed by atoms with Crippen LogP contribution in [0.5, 0.6) is 11.5 Å². The summed E-state index contributed by atoms with van der Waals surface area (Å²) in [4.78, 5) is 13.1. The Hall–Kier alpha value is -3.06. The minimum absolute atomic E-state index is 0.204. The maximum atomic E-state index is 13.1. The van der Waals surface area contributed by atoms with Gasteiger partial charge in [0.2, 0.25) is 0 Å². The van der Waals surface area contributed by atoms with Crippen molar-refractivity contribution in [2.75, 3.05) is 19.0 Å². The minimum Gasteiger partial charge on any atom is -0.493 e. The van der Waals surface area contributed by atoms with Crippen LogP contribution in [0.1, 0.15) is 25.5 Å². The average molecular weight is 398 g/mol. The molecule has 146 valence electrons. The van der Waals surface area contributed by atoms with E-state index in [2.05, 4.69) is 16.0 Å². The normalized spacial score (nSPS) is 16.1. The number of thiocarbonyl (C=S) groups is 1. The molecule has 0 saturated carbocycles. The first kappa shape index (κ1) is 19.7. The predicted molar refractivity (Wildman–Crippen MR) is 114 cm³/mol. The summed E-state index contributed by atoms with van der Waals surface area (Å²) in [6.07, 6.45) is 0. The average Bonchev–Trinajstić information content (AvgIpc) is 2.68. The van der Waals surface area contributed by atoms with E-state index in [1.807, 2.05) is 62.4 Å². The van der Waals surface area contributed by atoms with Gasteiger partial charge in [-0.15, -0.1) is 0 Å². The van der Waals surface area contributed by atoms with Crippen LogP contribution < -0.4 is 25.4 Å². The second kappa shape index (κ2) is 8.75. The van der Waals surface area contributed by atoms with Crippen LogP contribution in [-0.4, -0.2) is 24.7 Å². The molecule has 3 rings (SSSR count). The van der Waals surface area contributed by atoms with Gasteiger partial charge < -0.3 is 25.4 Å². The molecule has 2 aromatic rings. The number of carbonyl (C=O) groups is 1. The third-order valence-corrected chi connectivity index (χ3v) is 4.59. The van der Waals surface area contributed by atoms with Gasteiger partial charge in [0.1, 0.15) is 0 Å². The molecule has 1 amide bonds. The first-order valence-electron chi connectivity index (χ1n) is 8.99. The van der Waals surface area contributed by atoms with Gasteiger partial charge >= 0.3 is 0 Å². The molecule has 0 saturated heterocycles. The summed E-state index contributed by atoms with van der Waals surface area (Å²) in [5.41, 5.74) is 2.84. The summed E-state index contributed by atoms with van der Waals surface area (Å²) in [7, 11) is 1.60. The summed E-state index contributed by atoms with van der Waals surface area (Å²) in [5.74, 6) is 1.05. The molecule has 1 aliphatic heterocycles. The number of nitrogens with one attached hydrogen (secondary N) is 3. The molecule has 0 unspecified atom stereocenters. The van der Waals surface area contributed by atoms with Crippen molar-refractivity contribution in [2.24, 2.45) is 0 Å². The zero-order chi connectivity index (χ0) is 20.1. The summed E-state index contributed by atoms with van der Waals surface area (Å²) in [5, 5.41) is 9.64. The fourth-order valence-electron chi connectivity index (χ4n) is 3.11. The number of allylic oxidation sites excluding steroid dienone is 1. The number of amides is 1. The third-order valence-electron chi connectivity index (χ3n) is 4.37. The molecular weight excluding hydrogens is 374 g/mol. The minimum atomic E-state index is -0.414. The second-order valence-corrected chi connectivity index (χ2v) is 6.64. The first-order valence-corrected chi connectivity index (χ1v) is 9.39. The molecule has 0 fully saturated rings. The van der Waals surface area contributed by atoms with Crippen LogP contribution in [-0.2, 0) is 4.79 Å². The number of benzene rings is 2. The van der Waals surface area contributed by atoms with Crippen molar-refractivity contribution >= 4 is 28.9 Å². The lowest BCUT2D eigenvalue weighted by Crippen LogP contribution is -2.45. The molecule has 1 atom stereocenters. The van der Waals surface area contributed by atoms with E-state index in [1.54, 1.807) is 7.11 Å². The van der Waals surface area contributed by atoms with Crippen LogP contribution in [0.4, 0.5) is 5.69 Å². The smallest absolute Gasteiger partial charge is 0.255 e. The number of para-hydroxylation sites is 1. The topological polar surface area (TPSA) is 71.6 Å². The van der Waals surface area contributed by atoms with E-state index in [-0.39, 0.29) is 5.91 Å². The highest BCUT2D eigenvalue weighted by Gasteiger charge is 2.30. The van der Waals surface area contributed by atoms with Crippen molar-refractivity contribution in [1.29, 1.82) is 0 Å². The number of hydrogen-bond donors (Lipinski definition) is 3. The molecule has 0 aromatic heterocycles. The van der Waals surface area contributed by atoms with E-state index < -0.39 is 6.04 Å². The van der Waals surface area contributed by atoms with Crippen LogP contribution in [0.3, 0.4) is 0 Å². The van der Waals surface area contributed by atoms with Crippen molar-refractivity contribution in [3.05, 3.63) is 65.4 Å². The Morgan fingerprint density at radius 2 is 1.93 bits per heavy atom. The molecule has 0 bridgehead atoms. The summed E-state index contributed by atoms with van der Waals surface area (Å²) in [6.45, 7) is 4.26. The van der Waals surface area contributed by atoms with E-state index in [4.69, 9.17) is 21.7 Å². The van der Waals surface area contributed by atoms with Crippen LogP contribution in [0.2, 0.25) is 0 Å². The lowest BCUT2D eigenvalue weighted by molar-refractivity contribution is -0.113. The lowest BCUT2D eigenvalue weighted by atomic mass is 9.94. The van der Waals surface area contributed by atoms with Crippen LogP contribution in [0, 0.1) is 0 Å². The third kappa shape index (κ3) is 4.26. The Balaban J connectivity index is 1.97. The molecule has 6 nitrogen and oxygen atoms in total. The molecule has 7 heteroatoms. The Labute approximate surface area is 169 Å². The Kier molecular flexibility index (Phi) is 6.16. The SMILES string of the molecule is CCOc1cc([C@H]2NC(=S)NC(C)=C2C(=O)Nc2ccccc2)ccc1OC. The Morgan fingerprint density at radius 1 is 1.18 bits per heavy atom. The quantitative estimate of drug-likeness (QED) is 0.648.